The highest BCUT2D eigenvalue weighted by Crippen LogP contribution is 2.39. The molecular formula is C39H46ClF3N5O5S2+. The molecule has 1 aromatic heterocycles. The summed E-state index contributed by atoms with van der Waals surface area (Å²) in [7, 11) is -1.91. The van der Waals surface area contributed by atoms with Gasteiger partial charge in [0.2, 0.25) is 10.0 Å². The number of alkyl halides is 1. The van der Waals surface area contributed by atoms with Crippen LogP contribution in [0.5, 0.6) is 5.75 Å². The molecule has 55 heavy (non-hydrogen) atoms. The van der Waals surface area contributed by atoms with Gasteiger partial charge in [-0.2, -0.15) is 4.31 Å². The number of methoxy groups -OCH3 is 2. The summed E-state index contributed by atoms with van der Waals surface area (Å²) in [4.78, 5) is 19.3. The molecular weight excluding hydrogens is 775 g/mol. The van der Waals surface area contributed by atoms with Gasteiger partial charge < -0.3 is 14.0 Å². The van der Waals surface area contributed by atoms with Gasteiger partial charge in [0.15, 0.2) is 11.2 Å². The number of quaternary nitrogens is 1. The summed E-state index contributed by atoms with van der Waals surface area (Å²) in [6, 6.07) is 13.3. The zero-order valence-electron chi connectivity index (χ0n) is 31.3. The minimum atomic E-state index is -4.52. The standard InChI is InChI=1S/C39H46ClF3N5O5S2/c1-39(2,28-7-13-32(40)35(22-28)52-3)36-25-44-38(47(36)30-10-8-29(42)9-11-30)54-26-27-6-12-31(23-33(27)43)55(50,51)46(34(24-41)37(49)53-4)14-5-18-48-19-15-45(16-20-48)17-21-48/h6-13,22-23,25,34H,5,14-21,24,26H2,1-4H3/q+1/t34-/m0/s1. The van der Waals surface area contributed by atoms with Gasteiger partial charge in [0.05, 0.1) is 62.2 Å². The third-order valence-electron chi connectivity index (χ3n) is 11.0. The molecule has 7 rings (SSSR count). The fraction of sp³-hybridized carbons (Fsp3) is 0.436. The van der Waals surface area contributed by atoms with E-state index in [1.54, 1.807) is 24.4 Å². The third kappa shape index (κ3) is 8.57. The van der Waals surface area contributed by atoms with E-state index in [9.17, 15) is 22.0 Å². The molecule has 1 atom stereocenters. The van der Waals surface area contributed by atoms with Gasteiger partial charge in [-0.3, -0.25) is 14.3 Å². The van der Waals surface area contributed by atoms with Crippen LogP contribution in [0.15, 0.2) is 76.9 Å². The van der Waals surface area contributed by atoms with Crippen molar-refractivity contribution in [2.45, 2.75) is 47.5 Å². The summed E-state index contributed by atoms with van der Waals surface area (Å²) in [6.07, 6.45) is 2.11. The van der Waals surface area contributed by atoms with E-state index in [1.165, 1.54) is 43.1 Å². The molecule has 0 N–H and O–H groups in total. The second-order valence-electron chi connectivity index (χ2n) is 14.5. The van der Waals surface area contributed by atoms with Crippen LogP contribution in [0.25, 0.3) is 5.69 Å². The number of esters is 1. The average Bonchev–Trinajstić information content (AvgIpc) is 3.62. The summed E-state index contributed by atoms with van der Waals surface area (Å²) < 4.78 is 86.2. The molecule has 0 radical (unpaired) electrons. The first-order valence-corrected chi connectivity index (χ1v) is 20.9. The van der Waals surface area contributed by atoms with Crippen molar-refractivity contribution in [1.82, 2.24) is 18.8 Å². The van der Waals surface area contributed by atoms with E-state index < -0.39 is 50.7 Å². The van der Waals surface area contributed by atoms with E-state index >= 15 is 4.39 Å². The van der Waals surface area contributed by atoms with Crippen molar-refractivity contribution in [3.63, 3.8) is 0 Å². The van der Waals surface area contributed by atoms with Gasteiger partial charge in [0, 0.05) is 49.5 Å². The lowest BCUT2D eigenvalue weighted by molar-refractivity contribution is -0.941. The number of hydrogen-bond acceptors (Lipinski definition) is 8. The number of hydrogen-bond donors (Lipinski definition) is 0. The molecule has 0 amide bonds. The molecule has 2 bridgehead atoms. The number of piperazine rings is 3. The van der Waals surface area contributed by atoms with Crippen LogP contribution in [0.3, 0.4) is 0 Å². The van der Waals surface area contributed by atoms with Crippen molar-refractivity contribution < 1.29 is 40.3 Å². The number of halogens is 4. The van der Waals surface area contributed by atoms with Crippen LogP contribution in [-0.2, 0) is 30.7 Å². The van der Waals surface area contributed by atoms with E-state index in [2.05, 4.69) is 9.88 Å². The Labute approximate surface area is 329 Å². The second kappa shape index (κ2) is 16.9. The van der Waals surface area contributed by atoms with E-state index in [0.717, 1.165) is 72.5 Å². The van der Waals surface area contributed by atoms with Crippen molar-refractivity contribution in [1.29, 1.82) is 0 Å². The van der Waals surface area contributed by atoms with Crippen molar-refractivity contribution in [3.05, 3.63) is 100 Å². The predicted octanol–water partition coefficient (Wildman–Crippen LogP) is 6.47. The Hall–Kier alpha value is -3.60. The van der Waals surface area contributed by atoms with Crippen LogP contribution < -0.4 is 4.74 Å². The first-order valence-electron chi connectivity index (χ1n) is 18.1. The van der Waals surface area contributed by atoms with E-state index in [4.69, 9.17) is 21.1 Å². The van der Waals surface area contributed by atoms with Gasteiger partial charge in [-0.15, -0.1) is 0 Å². The lowest BCUT2D eigenvalue weighted by atomic mass is 9.81. The number of imidazole rings is 1. The van der Waals surface area contributed by atoms with Gasteiger partial charge in [0.25, 0.3) is 0 Å². The number of fused-ring (bicyclic) bond motifs is 3. The smallest absolute Gasteiger partial charge is 0.326 e. The molecule has 3 saturated heterocycles. The zero-order valence-corrected chi connectivity index (χ0v) is 33.7. The monoisotopic (exact) mass is 820 g/mol. The van der Waals surface area contributed by atoms with Crippen molar-refractivity contribution >= 4 is 39.4 Å². The molecule has 3 aliphatic heterocycles. The quantitative estimate of drug-likeness (QED) is 0.0723. The number of rotatable bonds is 16. The first-order chi connectivity index (χ1) is 26.2. The van der Waals surface area contributed by atoms with Gasteiger partial charge in [-0.05, 0) is 59.7 Å². The van der Waals surface area contributed by atoms with Crippen molar-refractivity contribution in [3.8, 4) is 11.4 Å². The molecule has 16 heteroatoms. The molecule has 4 heterocycles. The molecule has 0 spiro atoms. The van der Waals surface area contributed by atoms with E-state index in [0.29, 0.717) is 34.6 Å². The SMILES string of the molecule is COC(=O)[C@H](CF)N(CCC[N+]12CCN(CC1)CC2)S(=O)(=O)c1ccc(CSc2ncc(C(C)(C)c3ccc(Cl)c(OC)c3)n2-c2ccc(F)cc2)c(F)c1. The normalized spacial score (nSPS) is 19.1. The van der Waals surface area contributed by atoms with Crippen LogP contribution in [0.4, 0.5) is 13.2 Å². The van der Waals surface area contributed by atoms with E-state index in [1.807, 2.05) is 30.5 Å². The highest BCUT2D eigenvalue weighted by molar-refractivity contribution is 7.98. The largest absolute Gasteiger partial charge is 0.495 e. The molecule has 296 valence electrons. The summed E-state index contributed by atoms with van der Waals surface area (Å²) in [6.45, 7) is 9.11. The Bertz CT molecular complexity index is 2100. The Morgan fingerprint density at radius 1 is 1.04 bits per heavy atom. The lowest BCUT2D eigenvalue weighted by Crippen LogP contribution is -2.67. The first kappa shape index (κ1) is 41.0. The maximum Gasteiger partial charge on any atom is 0.326 e. The van der Waals surface area contributed by atoms with Crippen LogP contribution in [0.2, 0.25) is 5.02 Å². The second-order valence-corrected chi connectivity index (χ2v) is 17.7. The molecule has 10 nitrogen and oxygen atoms in total. The Balaban J connectivity index is 1.25. The van der Waals surface area contributed by atoms with Crippen LogP contribution in [0.1, 0.15) is 37.1 Å². The fourth-order valence-corrected chi connectivity index (χ4v) is 10.2. The number of aromatic nitrogens is 2. The summed E-state index contributed by atoms with van der Waals surface area (Å²) in [5.41, 5.74) is 1.81. The summed E-state index contributed by atoms with van der Waals surface area (Å²) in [5.74, 6) is -1.65. The van der Waals surface area contributed by atoms with Crippen LogP contribution >= 0.6 is 23.4 Å². The van der Waals surface area contributed by atoms with Gasteiger partial charge >= 0.3 is 5.97 Å². The maximum absolute atomic E-state index is 15.9. The molecule has 0 saturated carbocycles. The average molecular weight is 821 g/mol. The molecule has 3 fully saturated rings. The maximum atomic E-state index is 15.9. The minimum Gasteiger partial charge on any atom is -0.495 e. The zero-order chi connectivity index (χ0) is 39.5. The number of ether oxygens (including phenoxy) is 2. The molecule has 4 aromatic rings. The molecule has 3 aliphatic rings. The number of nitrogens with zero attached hydrogens (tertiary/aromatic N) is 5. The van der Waals surface area contributed by atoms with Crippen molar-refractivity contribution in [2.75, 3.05) is 73.3 Å². The number of carbonyl (C=O) groups excluding carboxylic acids is 1. The van der Waals surface area contributed by atoms with Gasteiger partial charge in [0.1, 0.15) is 24.1 Å². The fourth-order valence-electron chi connectivity index (χ4n) is 7.46. The Morgan fingerprint density at radius 3 is 2.35 bits per heavy atom. The predicted molar refractivity (Wildman–Crippen MR) is 206 cm³/mol. The summed E-state index contributed by atoms with van der Waals surface area (Å²) in [5, 5.41) is 0.951. The van der Waals surface area contributed by atoms with Crippen molar-refractivity contribution in [2.24, 2.45) is 0 Å². The van der Waals surface area contributed by atoms with Gasteiger partial charge in [-0.1, -0.05) is 49.3 Å². The van der Waals surface area contributed by atoms with Crippen LogP contribution in [0, 0.1) is 11.6 Å². The van der Waals surface area contributed by atoms with Gasteiger partial charge in [-0.25, -0.2) is 26.6 Å². The number of thioether (sulfide) groups is 1. The number of carbonyl (C=O) groups is 1. The van der Waals surface area contributed by atoms with E-state index in [-0.39, 0.29) is 17.9 Å². The number of benzene rings is 3. The highest BCUT2D eigenvalue weighted by Gasteiger charge is 2.41. The lowest BCUT2D eigenvalue weighted by Gasteiger charge is -2.50. The Morgan fingerprint density at radius 2 is 1.73 bits per heavy atom. The van der Waals surface area contributed by atoms with Crippen LogP contribution in [-0.4, -0.2) is 117 Å². The minimum absolute atomic E-state index is 0.0649. The topological polar surface area (TPSA) is 94.0 Å². The molecule has 3 aromatic carbocycles. The number of sulfonamides is 1. The molecule has 0 aliphatic carbocycles. The molecule has 0 unspecified atom stereocenters. The highest BCUT2D eigenvalue weighted by atomic mass is 35.5. The third-order valence-corrected chi connectivity index (χ3v) is 14.2. The Kier molecular flexibility index (Phi) is 12.6. The summed E-state index contributed by atoms with van der Waals surface area (Å²) >= 11 is 7.53.